The molecule has 0 saturated carbocycles. The van der Waals surface area contributed by atoms with Gasteiger partial charge in [-0.3, -0.25) is 24.0 Å². The van der Waals surface area contributed by atoms with E-state index in [1.807, 2.05) is 41.5 Å². The third kappa shape index (κ3) is 11.8. The lowest BCUT2D eigenvalue weighted by Crippen LogP contribution is -2.58. The number of ether oxygens (including phenoxy) is 2. The molecule has 1 aliphatic heterocycles. The number of nitrogens with one attached hydrogen (secondary N) is 5. The summed E-state index contributed by atoms with van der Waals surface area (Å²) in [5, 5.41) is 14.2. The number of methoxy groups -OCH3 is 1. The monoisotopic (exact) mass is 617 g/mol. The van der Waals surface area contributed by atoms with Gasteiger partial charge >= 0.3 is 0 Å². The number of fused-ring (bicyclic) bond motifs is 1. The number of carbonyl (C=O) groups is 5. The normalized spacial score (nSPS) is 22.6. The van der Waals surface area contributed by atoms with Crippen LogP contribution in [0, 0.1) is 17.8 Å². The Bertz CT molecular complexity index is 1120. The molecule has 0 aromatic heterocycles. The van der Waals surface area contributed by atoms with Crippen LogP contribution in [0.5, 0.6) is 5.75 Å². The lowest BCUT2D eigenvalue weighted by atomic mass is 9.98. The maximum atomic E-state index is 13.5. The van der Waals surface area contributed by atoms with Gasteiger partial charge in [0.1, 0.15) is 30.5 Å². The maximum Gasteiger partial charge on any atom is 0.255 e. The lowest BCUT2D eigenvalue weighted by molar-refractivity contribution is -0.133. The fourth-order valence-corrected chi connectivity index (χ4v) is 4.72. The molecule has 0 unspecified atom stereocenters. The molecule has 0 bridgehead atoms. The Labute approximate surface area is 261 Å². The average molecular weight is 618 g/mol. The third-order valence-corrected chi connectivity index (χ3v) is 7.39. The number of amides is 5. The van der Waals surface area contributed by atoms with Crippen molar-refractivity contribution in [3.05, 3.63) is 29.8 Å². The highest BCUT2D eigenvalue weighted by molar-refractivity contribution is 6.00. The number of benzene rings is 1. The van der Waals surface area contributed by atoms with Gasteiger partial charge in [0.05, 0.1) is 11.6 Å². The zero-order chi connectivity index (χ0) is 32.8. The Morgan fingerprint density at radius 1 is 0.955 bits per heavy atom. The van der Waals surface area contributed by atoms with Crippen molar-refractivity contribution >= 4 is 29.5 Å². The van der Waals surface area contributed by atoms with Crippen LogP contribution < -0.4 is 31.3 Å². The summed E-state index contributed by atoms with van der Waals surface area (Å²) >= 11 is 0. The highest BCUT2D eigenvalue weighted by atomic mass is 16.5. The molecule has 5 N–H and O–H groups in total. The van der Waals surface area contributed by atoms with Gasteiger partial charge in [-0.1, -0.05) is 53.7 Å². The molecular formula is C32H51N5O7. The average Bonchev–Trinajstić information content (AvgIpc) is 2.96. The van der Waals surface area contributed by atoms with E-state index in [0.29, 0.717) is 26.0 Å². The minimum absolute atomic E-state index is 0.000819. The molecule has 0 saturated heterocycles. The number of hydrogen-bond donors (Lipinski definition) is 5. The van der Waals surface area contributed by atoms with E-state index < -0.39 is 47.8 Å². The van der Waals surface area contributed by atoms with Crippen LogP contribution in [-0.2, 0) is 23.9 Å². The van der Waals surface area contributed by atoms with Crippen molar-refractivity contribution < 1.29 is 33.4 Å². The van der Waals surface area contributed by atoms with Gasteiger partial charge in [0.15, 0.2) is 0 Å². The number of carbonyl (C=O) groups excluding carboxylic acids is 5. The van der Waals surface area contributed by atoms with Crippen molar-refractivity contribution in [2.45, 2.75) is 91.4 Å². The van der Waals surface area contributed by atoms with Crippen molar-refractivity contribution in [1.82, 2.24) is 26.6 Å². The van der Waals surface area contributed by atoms with Gasteiger partial charge in [-0.15, -0.1) is 0 Å². The second-order valence-corrected chi connectivity index (χ2v) is 12.3. The Kier molecular flexibility index (Phi) is 15.1. The first-order chi connectivity index (χ1) is 20.8. The Hall–Kier alpha value is -3.67. The van der Waals surface area contributed by atoms with Crippen LogP contribution in [0.2, 0.25) is 0 Å². The van der Waals surface area contributed by atoms with E-state index in [9.17, 15) is 24.0 Å². The zero-order valence-electron chi connectivity index (χ0n) is 27.2. The summed E-state index contributed by atoms with van der Waals surface area (Å²) in [5.74, 6) is -2.17. The molecule has 0 aliphatic carbocycles. The molecule has 12 heteroatoms. The van der Waals surface area contributed by atoms with Crippen LogP contribution in [0.3, 0.4) is 0 Å². The summed E-state index contributed by atoms with van der Waals surface area (Å²) in [4.78, 5) is 66.6. The van der Waals surface area contributed by atoms with Crippen LogP contribution in [0.15, 0.2) is 24.3 Å². The topological polar surface area (TPSA) is 164 Å². The molecule has 2 rings (SSSR count). The first-order valence-corrected chi connectivity index (χ1v) is 15.5. The standard InChI is InChI=1S/C32H51N5O7/c1-19(2)17-24-31(41)37-28(21(5)6)32(42)36-25(20(3)4)18-44-26-12-9-8-11-22(26)29(39)35-23(13-14-27(38)34-24)30(40)33-15-10-16-43-7/h8-9,11-12,19-21,23-25,28H,10,13-18H2,1-7H3,(H,33,40)(H,34,38)(H,35,39)(H,36,42)(H,37,41)/t23-,24+,25-,28-/m0/s1. The van der Waals surface area contributed by atoms with E-state index >= 15 is 0 Å². The summed E-state index contributed by atoms with van der Waals surface area (Å²) in [6.07, 6.45) is 0.806. The van der Waals surface area contributed by atoms with Crippen LogP contribution in [0.4, 0.5) is 0 Å². The SMILES string of the molecule is COCCCNC(=O)[C@@H]1CCC(=O)N[C@H](CC(C)C)C(=O)N[C@@H](C(C)C)C(=O)N[C@H](C(C)C)COc2ccccc2C(=O)N1. The summed E-state index contributed by atoms with van der Waals surface area (Å²) in [7, 11) is 1.57. The smallest absolute Gasteiger partial charge is 0.255 e. The fraction of sp³-hybridized carbons (Fsp3) is 0.656. The summed E-state index contributed by atoms with van der Waals surface area (Å²) in [6, 6.07) is 3.46. The lowest BCUT2D eigenvalue weighted by Gasteiger charge is -2.29. The fourth-order valence-electron chi connectivity index (χ4n) is 4.72. The molecule has 0 fully saturated rings. The Morgan fingerprint density at radius 3 is 2.30 bits per heavy atom. The molecule has 12 nitrogen and oxygen atoms in total. The molecule has 5 amide bonds. The Morgan fingerprint density at radius 2 is 1.66 bits per heavy atom. The number of para-hydroxylation sites is 1. The van der Waals surface area contributed by atoms with Gasteiger partial charge in [-0.05, 0) is 49.1 Å². The van der Waals surface area contributed by atoms with Gasteiger partial charge < -0.3 is 36.1 Å². The summed E-state index contributed by atoms with van der Waals surface area (Å²) < 4.78 is 11.1. The van der Waals surface area contributed by atoms with E-state index in [4.69, 9.17) is 9.47 Å². The predicted octanol–water partition coefficient (Wildman–Crippen LogP) is 1.92. The molecule has 44 heavy (non-hydrogen) atoms. The highest BCUT2D eigenvalue weighted by Crippen LogP contribution is 2.20. The van der Waals surface area contributed by atoms with Gasteiger partial charge in [-0.2, -0.15) is 0 Å². The highest BCUT2D eigenvalue weighted by Gasteiger charge is 2.32. The first-order valence-electron chi connectivity index (χ1n) is 15.5. The van der Waals surface area contributed by atoms with Crippen molar-refractivity contribution in [1.29, 1.82) is 0 Å². The van der Waals surface area contributed by atoms with Gasteiger partial charge in [-0.25, -0.2) is 0 Å². The second kappa shape index (κ2) is 18.2. The first kappa shape index (κ1) is 36.5. The second-order valence-electron chi connectivity index (χ2n) is 12.3. The number of hydrogen-bond acceptors (Lipinski definition) is 7. The molecule has 1 aromatic rings. The van der Waals surface area contributed by atoms with E-state index in [0.717, 1.165) is 0 Å². The minimum Gasteiger partial charge on any atom is -0.491 e. The number of rotatable bonds is 9. The van der Waals surface area contributed by atoms with Gasteiger partial charge in [0, 0.05) is 26.7 Å². The molecule has 246 valence electrons. The van der Waals surface area contributed by atoms with E-state index in [1.54, 1.807) is 31.4 Å². The van der Waals surface area contributed by atoms with Crippen molar-refractivity contribution in [2.75, 3.05) is 26.9 Å². The van der Waals surface area contributed by atoms with E-state index in [2.05, 4.69) is 26.6 Å². The Balaban J connectivity index is 2.46. The third-order valence-electron chi connectivity index (χ3n) is 7.39. The minimum atomic E-state index is -1.02. The molecule has 1 heterocycles. The van der Waals surface area contributed by atoms with E-state index in [-0.39, 0.29) is 54.4 Å². The van der Waals surface area contributed by atoms with Crippen molar-refractivity contribution in [3.8, 4) is 5.75 Å². The van der Waals surface area contributed by atoms with Gasteiger partial charge in [0.25, 0.3) is 5.91 Å². The van der Waals surface area contributed by atoms with Gasteiger partial charge in [0.2, 0.25) is 23.6 Å². The van der Waals surface area contributed by atoms with Crippen molar-refractivity contribution in [2.24, 2.45) is 17.8 Å². The van der Waals surface area contributed by atoms with Crippen molar-refractivity contribution in [3.63, 3.8) is 0 Å². The molecule has 1 aromatic carbocycles. The molecule has 0 spiro atoms. The summed E-state index contributed by atoms with van der Waals surface area (Å²) in [5.41, 5.74) is 0.216. The van der Waals surface area contributed by atoms with Crippen LogP contribution >= 0.6 is 0 Å². The summed E-state index contributed by atoms with van der Waals surface area (Å²) in [6.45, 7) is 12.3. The van der Waals surface area contributed by atoms with E-state index in [1.165, 1.54) is 0 Å². The molecule has 0 radical (unpaired) electrons. The molecule has 1 aliphatic rings. The molecule has 4 atom stereocenters. The maximum absolute atomic E-state index is 13.5. The largest absolute Gasteiger partial charge is 0.491 e. The molecular weight excluding hydrogens is 566 g/mol. The van der Waals surface area contributed by atoms with Crippen LogP contribution in [0.25, 0.3) is 0 Å². The zero-order valence-corrected chi connectivity index (χ0v) is 27.2. The predicted molar refractivity (Wildman–Crippen MR) is 167 cm³/mol. The van der Waals surface area contributed by atoms with Crippen LogP contribution in [0.1, 0.15) is 77.6 Å². The quantitative estimate of drug-likeness (QED) is 0.264. The van der Waals surface area contributed by atoms with Crippen LogP contribution in [-0.4, -0.2) is 80.6 Å².